The molecule has 1 N–H and O–H groups in total. The number of carboxylic acid groups (broad SMARTS) is 1. The van der Waals surface area contributed by atoms with Gasteiger partial charge in [-0.1, -0.05) is 0 Å². The first-order valence-corrected chi connectivity index (χ1v) is 6.04. The lowest BCUT2D eigenvalue weighted by atomic mass is 9.97. The molecule has 1 aromatic heterocycles. The van der Waals surface area contributed by atoms with Crippen LogP contribution in [0.5, 0.6) is 0 Å². The van der Waals surface area contributed by atoms with Gasteiger partial charge in [0, 0.05) is 26.9 Å². The number of likely N-dealkylation sites (tertiary alicyclic amines) is 1. The first-order chi connectivity index (χ1) is 8.60. The molecule has 1 aromatic rings. The number of aryl methyl sites for hydroxylation is 1. The fraction of sp³-hybridized carbons (Fsp3) is 0.667. The Morgan fingerprint density at radius 1 is 1.67 bits per heavy atom. The second-order valence-electron chi connectivity index (χ2n) is 4.74. The average molecular weight is 253 g/mol. The van der Waals surface area contributed by atoms with Crippen molar-refractivity contribution in [3.05, 3.63) is 18.0 Å². The molecule has 0 amide bonds. The first-order valence-electron chi connectivity index (χ1n) is 6.04. The van der Waals surface area contributed by atoms with E-state index in [1.807, 2.05) is 18.0 Å². The number of carbonyl (C=O) groups is 1. The summed E-state index contributed by atoms with van der Waals surface area (Å²) in [5, 5.41) is 13.6. The largest absolute Gasteiger partial charge is 0.480 e. The van der Waals surface area contributed by atoms with Crippen LogP contribution < -0.4 is 0 Å². The highest BCUT2D eigenvalue weighted by Gasteiger charge is 2.47. The molecule has 100 valence electrons. The monoisotopic (exact) mass is 253 g/mol. The number of ether oxygens (including phenoxy) is 1. The van der Waals surface area contributed by atoms with Crippen molar-refractivity contribution in [1.29, 1.82) is 0 Å². The molecule has 0 saturated carbocycles. The topological polar surface area (TPSA) is 67.6 Å². The van der Waals surface area contributed by atoms with E-state index in [2.05, 4.69) is 5.10 Å². The maximum Gasteiger partial charge on any atom is 0.326 e. The summed E-state index contributed by atoms with van der Waals surface area (Å²) in [4.78, 5) is 13.6. The van der Waals surface area contributed by atoms with Gasteiger partial charge in [0.25, 0.3) is 0 Å². The summed E-state index contributed by atoms with van der Waals surface area (Å²) >= 11 is 0. The summed E-state index contributed by atoms with van der Waals surface area (Å²) in [6.07, 6.45) is 3.24. The van der Waals surface area contributed by atoms with Crippen molar-refractivity contribution in [3.8, 4) is 0 Å². The van der Waals surface area contributed by atoms with Crippen LogP contribution >= 0.6 is 0 Å². The standard InChI is InChI=1S/C12H19N3O3/c1-14-10(4-6-13-14)8-15-7-3-5-12(15,9-18-2)11(16)17/h4,6H,3,5,7-9H2,1-2H3,(H,16,17). The number of aliphatic carboxylic acids is 1. The van der Waals surface area contributed by atoms with Crippen LogP contribution in [0.25, 0.3) is 0 Å². The van der Waals surface area contributed by atoms with Gasteiger partial charge in [-0.3, -0.25) is 14.4 Å². The zero-order valence-corrected chi connectivity index (χ0v) is 10.8. The molecule has 0 spiro atoms. The molecule has 0 radical (unpaired) electrons. The molecular weight excluding hydrogens is 234 g/mol. The van der Waals surface area contributed by atoms with Crippen LogP contribution in [-0.2, 0) is 23.1 Å². The highest BCUT2D eigenvalue weighted by Crippen LogP contribution is 2.31. The molecule has 2 heterocycles. The van der Waals surface area contributed by atoms with Crippen molar-refractivity contribution in [2.75, 3.05) is 20.3 Å². The molecule has 0 aromatic carbocycles. The van der Waals surface area contributed by atoms with E-state index in [0.717, 1.165) is 18.7 Å². The van der Waals surface area contributed by atoms with E-state index in [0.29, 0.717) is 13.0 Å². The normalized spacial score (nSPS) is 24.6. The third-order valence-corrected chi connectivity index (χ3v) is 3.68. The molecule has 6 nitrogen and oxygen atoms in total. The highest BCUT2D eigenvalue weighted by molar-refractivity contribution is 5.79. The smallest absolute Gasteiger partial charge is 0.326 e. The lowest BCUT2D eigenvalue weighted by Gasteiger charge is -2.33. The van der Waals surface area contributed by atoms with Crippen LogP contribution in [0, 0.1) is 0 Å². The van der Waals surface area contributed by atoms with E-state index in [9.17, 15) is 9.90 Å². The Labute approximate surface area is 106 Å². The minimum atomic E-state index is -0.890. The van der Waals surface area contributed by atoms with Gasteiger partial charge in [-0.05, 0) is 25.5 Å². The van der Waals surface area contributed by atoms with Crippen molar-refractivity contribution in [2.45, 2.75) is 24.9 Å². The highest BCUT2D eigenvalue weighted by atomic mass is 16.5. The van der Waals surface area contributed by atoms with Gasteiger partial charge >= 0.3 is 5.97 Å². The molecule has 18 heavy (non-hydrogen) atoms. The van der Waals surface area contributed by atoms with E-state index in [1.165, 1.54) is 0 Å². The van der Waals surface area contributed by atoms with E-state index in [-0.39, 0.29) is 6.61 Å². The summed E-state index contributed by atoms with van der Waals surface area (Å²) in [6.45, 7) is 1.59. The Morgan fingerprint density at radius 2 is 2.44 bits per heavy atom. The summed E-state index contributed by atoms with van der Waals surface area (Å²) in [7, 11) is 3.41. The zero-order chi connectivity index (χ0) is 13.2. The number of carboxylic acids is 1. The minimum Gasteiger partial charge on any atom is -0.480 e. The van der Waals surface area contributed by atoms with Crippen molar-refractivity contribution in [2.24, 2.45) is 7.05 Å². The van der Waals surface area contributed by atoms with Crippen LogP contribution in [0.2, 0.25) is 0 Å². The van der Waals surface area contributed by atoms with Crippen LogP contribution in [0.15, 0.2) is 12.3 Å². The second-order valence-corrected chi connectivity index (χ2v) is 4.74. The van der Waals surface area contributed by atoms with Crippen LogP contribution in [0.3, 0.4) is 0 Å². The van der Waals surface area contributed by atoms with Gasteiger partial charge in [0.05, 0.1) is 12.3 Å². The van der Waals surface area contributed by atoms with Gasteiger partial charge in [-0.2, -0.15) is 5.10 Å². The average Bonchev–Trinajstić information content (AvgIpc) is 2.89. The van der Waals surface area contributed by atoms with Crippen LogP contribution in [0.1, 0.15) is 18.5 Å². The van der Waals surface area contributed by atoms with Crippen molar-refractivity contribution in [3.63, 3.8) is 0 Å². The number of nitrogens with zero attached hydrogens (tertiary/aromatic N) is 3. The molecule has 1 atom stereocenters. The van der Waals surface area contributed by atoms with E-state index in [4.69, 9.17) is 4.74 Å². The van der Waals surface area contributed by atoms with Crippen LogP contribution in [0.4, 0.5) is 0 Å². The van der Waals surface area contributed by atoms with Gasteiger partial charge in [0.1, 0.15) is 5.54 Å². The van der Waals surface area contributed by atoms with Crippen molar-refractivity contribution in [1.82, 2.24) is 14.7 Å². The fourth-order valence-corrected chi connectivity index (χ4v) is 2.62. The van der Waals surface area contributed by atoms with E-state index in [1.54, 1.807) is 18.0 Å². The zero-order valence-electron chi connectivity index (χ0n) is 10.8. The molecule has 1 saturated heterocycles. The van der Waals surface area contributed by atoms with Crippen molar-refractivity contribution >= 4 is 5.97 Å². The summed E-state index contributed by atoms with van der Waals surface area (Å²) in [6, 6.07) is 1.91. The second kappa shape index (κ2) is 5.07. The molecular formula is C12H19N3O3. The predicted molar refractivity (Wildman–Crippen MR) is 65.1 cm³/mol. The molecule has 1 aliphatic rings. The molecule has 0 bridgehead atoms. The molecule has 1 fully saturated rings. The maximum atomic E-state index is 11.6. The Kier molecular flexibility index (Phi) is 3.68. The number of hydrogen-bond donors (Lipinski definition) is 1. The lowest BCUT2D eigenvalue weighted by Crippen LogP contribution is -2.53. The SMILES string of the molecule is COCC1(C(=O)O)CCCN1Cc1ccnn1C. The van der Waals surface area contributed by atoms with E-state index >= 15 is 0 Å². The first kappa shape index (κ1) is 13.0. The molecule has 1 unspecified atom stereocenters. The van der Waals surface area contributed by atoms with Crippen LogP contribution in [-0.4, -0.2) is 51.6 Å². The molecule has 1 aliphatic heterocycles. The number of aromatic nitrogens is 2. The van der Waals surface area contributed by atoms with Gasteiger partial charge < -0.3 is 9.84 Å². The Hall–Kier alpha value is -1.40. The summed E-state index contributed by atoms with van der Waals surface area (Å²) in [5.74, 6) is -0.802. The summed E-state index contributed by atoms with van der Waals surface area (Å²) in [5.41, 5.74) is 0.123. The van der Waals surface area contributed by atoms with E-state index < -0.39 is 11.5 Å². The third-order valence-electron chi connectivity index (χ3n) is 3.68. The Bertz CT molecular complexity index is 432. The third kappa shape index (κ3) is 2.13. The number of hydrogen-bond acceptors (Lipinski definition) is 4. The fourth-order valence-electron chi connectivity index (χ4n) is 2.62. The quantitative estimate of drug-likeness (QED) is 0.827. The number of methoxy groups -OCH3 is 1. The molecule has 0 aliphatic carbocycles. The molecule has 2 rings (SSSR count). The van der Waals surface area contributed by atoms with Gasteiger partial charge in [-0.15, -0.1) is 0 Å². The minimum absolute atomic E-state index is 0.222. The van der Waals surface area contributed by atoms with Gasteiger partial charge in [0.15, 0.2) is 0 Å². The maximum absolute atomic E-state index is 11.6. The molecule has 6 heteroatoms. The lowest BCUT2D eigenvalue weighted by molar-refractivity contribution is -0.153. The number of rotatable bonds is 5. The Balaban J connectivity index is 2.20. The summed E-state index contributed by atoms with van der Waals surface area (Å²) < 4.78 is 6.90. The van der Waals surface area contributed by atoms with Gasteiger partial charge in [-0.25, -0.2) is 0 Å². The predicted octanol–water partition coefficient (Wildman–Crippen LogP) is 0.486. The Morgan fingerprint density at radius 3 is 3.00 bits per heavy atom. The van der Waals surface area contributed by atoms with Crippen molar-refractivity contribution < 1.29 is 14.6 Å². The van der Waals surface area contributed by atoms with Gasteiger partial charge in [0.2, 0.25) is 0 Å².